The second kappa shape index (κ2) is 6.45. The van der Waals surface area contributed by atoms with Gasteiger partial charge in [-0.3, -0.25) is 0 Å². The molecule has 1 aliphatic heterocycles. The van der Waals surface area contributed by atoms with Crippen molar-refractivity contribution in [2.24, 2.45) is 5.92 Å². The highest BCUT2D eigenvalue weighted by Crippen LogP contribution is 2.30. The molecular weight excluding hydrogens is 230 g/mol. The molecular formula is C18H27N. The Morgan fingerprint density at radius 3 is 2.53 bits per heavy atom. The monoisotopic (exact) mass is 257 g/mol. The average Bonchev–Trinajstić information content (AvgIpc) is 2.73. The Kier molecular flexibility index (Phi) is 4.42. The van der Waals surface area contributed by atoms with E-state index in [-0.39, 0.29) is 0 Å². The van der Waals surface area contributed by atoms with Crippen LogP contribution in [0.15, 0.2) is 24.3 Å². The lowest BCUT2D eigenvalue weighted by atomic mass is 9.89. The fourth-order valence-electron chi connectivity index (χ4n) is 3.81. The van der Waals surface area contributed by atoms with Crippen LogP contribution in [0.3, 0.4) is 0 Å². The van der Waals surface area contributed by atoms with E-state index in [1.807, 2.05) is 0 Å². The SMILES string of the molecule is c1ccc2c(c1)CCC(CCC1CCCCCC1)N2. The fourth-order valence-corrected chi connectivity index (χ4v) is 3.81. The Morgan fingerprint density at radius 1 is 0.895 bits per heavy atom. The van der Waals surface area contributed by atoms with Crippen molar-refractivity contribution in [2.45, 2.75) is 70.3 Å². The second-order valence-electron chi connectivity index (χ2n) is 6.47. The first kappa shape index (κ1) is 13.0. The zero-order valence-corrected chi connectivity index (χ0v) is 12.0. The summed E-state index contributed by atoms with van der Waals surface area (Å²) in [5, 5.41) is 3.75. The predicted molar refractivity (Wildman–Crippen MR) is 82.6 cm³/mol. The third kappa shape index (κ3) is 3.52. The van der Waals surface area contributed by atoms with Gasteiger partial charge >= 0.3 is 0 Å². The van der Waals surface area contributed by atoms with Crippen molar-refractivity contribution in [1.82, 2.24) is 0 Å². The lowest BCUT2D eigenvalue weighted by molar-refractivity contribution is 0.394. The van der Waals surface area contributed by atoms with Crippen LogP contribution in [0.25, 0.3) is 0 Å². The molecule has 0 aromatic heterocycles. The van der Waals surface area contributed by atoms with Crippen LogP contribution in [0.1, 0.15) is 63.4 Å². The van der Waals surface area contributed by atoms with Crippen LogP contribution in [0.5, 0.6) is 0 Å². The predicted octanol–water partition coefficient (Wildman–Crippen LogP) is 5.16. The molecule has 0 bridgehead atoms. The molecule has 0 radical (unpaired) electrons. The summed E-state index contributed by atoms with van der Waals surface area (Å²) >= 11 is 0. The first-order valence-corrected chi connectivity index (χ1v) is 8.26. The highest BCUT2D eigenvalue weighted by molar-refractivity contribution is 5.53. The molecule has 19 heavy (non-hydrogen) atoms. The molecule has 0 saturated heterocycles. The molecule has 1 unspecified atom stereocenters. The number of nitrogens with one attached hydrogen (secondary N) is 1. The number of aryl methyl sites for hydroxylation is 1. The molecule has 2 aliphatic rings. The molecule has 1 aromatic carbocycles. The topological polar surface area (TPSA) is 12.0 Å². The lowest BCUT2D eigenvalue weighted by Gasteiger charge is -2.28. The minimum Gasteiger partial charge on any atom is -0.382 e. The number of anilines is 1. The van der Waals surface area contributed by atoms with Crippen LogP contribution < -0.4 is 5.32 Å². The standard InChI is InChI=1S/C18H27N/c1-2-4-8-15(7-3-1)11-13-17-14-12-16-9-5-6-10-18(16)19-17/h5-6,9-10,15,17,19H,1-4,7-8,11-14H2. The summed E-state index contributed by atoms with van der Waals surface area (Å²) in [4.78, 5) is 0. The smallest absolute Gasteiger partial charge is 0.0374 e. The number of hydrogen-bond acceptors (Lipinski definition) is 1. The van der Waals surface area contributed by atoms with Crippen molar-refractivity contribution >= 4 is 5.69 Å². The number of rotatable bonds is 3. The van der Waals surface area contributed by atoms with Gasteiger partial charge in [-0.1, -0.05) is 56.7 Å². The molecule has 1 heterocycles. The molecule has 1 atom stereocenters. The van der Waals surface area contributed by atoms with E-state index < -0.39 is 0 Å². The number of hydrogen-bond donors (Lipinski definition) is 1. The maximum Gasteiger partial charge on any atom is 0.0374 e. The summed E-state index contributed by atoms with van der Waals surface area (Å²) in [7, 11) is 0. The van der Waals surface area contributed by atoms with Crippen molar-refractivity contribution < 1.29 is 0 Å². The quantitative estimate of drug-likeness (QED) is 0.737. The van der Waals surface area contributed by atoms with Gasteiger partial charge in [-0.2, -0.15) is 0 Å². The highest BCUT2D eigenvalue weighted by atomic mass is 14.9. The largest absolute Gasteiger partial charge is 0.382 e. The van der Waals surface area contributed by atoms with Gasteiger partial charge in [0.05, 0.1) is 0 Å². The maximum atomic E-state index is 3.75. The van der Waals surface area contributed by atoms with Gasteiger partial charge in [0.1, 0.15) is 0 Å². The third-order valence-corrected chi connectivity index (χ3v) is 5.04. The van der Waals surface area contributed by atoms with E-state index in [4.69, 9.17) is 0 Å². The van der Waals surface area contributed by atoms with Gasteiger partial charge in [0.15, 0.2) is 0 Å². The molecule has 1 nitrogen and oxygen atoms in total. The molecule has 0 amide bonds. The van der Waals surface area contributed by atoms with Crippen molar-refractivity contribution in [2.75, 3.05) is 5.32 Å². The molecule has 1 N–H and O–H groups in total. The number of fused-ring (bicyclic) bond motifs is 1. The first-order chi connectivity index (χ1) is 9.42. The van der Waals surface area contributed by atoms with Crippen LogP contribution in [0.2, 0.25) is 0 Å². The van der Waals surface area contributed by atoms with Gasteiger partial charge in [0, 0.05) is 11.7 Å². The van der Waals surface area contributed by atoms with Gasteiger partial charge in [-0.25, -0.2) is 0 Å². The molecule has 1 heteroatoms. The van der Waals surface area contributed by atoms with Crippen LogP contribution in [-0.4, -0.2) is 6.04 Å². The van der Waals surface area contributed by atoms with Gasteiger partial charge in [-0.05, 0) is 43.2 Å². The highest BCUT2D eigenvalue weighted by Gasteiger charge is 2.19. The van der Waals surface area contributed by atoms with Crippen molar-refractivity contribution in [3.63, 3.8) is 0 Å². The molecule has 1 aliphatic carbocycles. The summed E-state index contributed by atoms with van der Waals surface area (Å²) < 4.78 is 0. The Labute approximate surface area is 117 Å². The number of benzene rings is 1. The molecule has 104 valence electrons. The third-order valence-electron chi connectivity index (χ3n) is 5.04. The molecule has 1 saturated carbocycles. The molecule has 3 rings (SSSR count). The Bertz CT molecular complexity index is 390. The van der Waals surface area contributed by atoms with Crippen molar-refractivity contribution in [3.8, 4) is 0 Å². The van der Waals surface area contributed by atoms with Crippen LogP contribution in [0, 0.1) is 5.92 Å². The minimum atomic E-state index is 0.721. The van der Waals surface area contributed by atoms with E-state index in [0.29, 0.717) is 0 Å². The van der Waals surface area contributed by atoms with Gasteiger partial charge < -0.3 is 5.32 Å². The zero-order valence-electron chi connectivity index (χ0n) is 12.0. The molecule has 1 aromatic rings. The van der Waals surface area contributed by atoms with Crippen LogP contribution in [-0.2, 0) is 6.42 Å². The lowest BCUT2D eigenvalue weighted by Crippen LogP contribution is -2.26. The number of para-hydroxylation sites is 1. The zero-order chi connectivity index (χ0) is 12.9. The van der Waals surface area contributed by atoms with Crippen molar-refractivity contribution in [1.29, 1.82) is 0 Å². The summed E-state index contributed by atoms with van der Waals surface area (Å²) in [5.74, 6) is 1.02. The first-order valence-electron chi connectivity index (χ1n) is 8.26. The second-order valence-corrected chi connectivity index (χ2v) is 6.47. The van der Waals surface area contributed by atoms with E-state index in [1.165, 1.54) is 75.5 Å². The molecule has 1 fully saturated rings. The van der Waals surface area contributed by atoms with E-state index in [9.17, 15) is 0 Å². The minimum absolute atomic E-state index is 0.721. The van der Waals surface area contributed by atoms with E-state index in [2.05, 4.69) is 29.6 Å². The summed E-state index contributed by atoms with van der Waals surface area (Å²) in [5.41, 5.74) is 2.90. The van der Waals surface area contributed by atoms with Gasteiger partial charge in [-0.15, -0.1) is 0 Å². The summed E-state index contributed by atoms with van der Waals surface area (Å²) in [6.45, 7) is 0. The summed E-state index contributed by atoms with van der Waals surface area (Å²) in [6.07, 6.45) is 14.3. The van der Waals surface area contributed by atoms with Crippen LogP contribution in [0.4, 0.5) is 5.69 Å². The van der Waals surface area contributed by atoms with E-state index in [1.54, 1.807) is 0 Å². The van der Waals surface area contributed by atoms with E-state index >= 15 is 0 Å². The van der Waals surface area contributed by atoms with Crippen LogP contribution >= 0.6 is 0 Å². The maximum absolute atomic E-state index is 3.75. The van der Waals surface area contributed by atoms with E-state index in [0.717, 1.165) is 12.0 Å². The van der Waals surface area contributed by atoms with Gasteiger partial charge in [0.25, 0.3) is 0 Å². The molecule has 0 spiro atoms. The fraction of sp³-hybridized carbons (Fsp3) is 0.667. The van der Waals surface area contributed by atoms with Gasteiger partial charge in [0.2, 0.25) is 0 Å². The normalized spacial score (nSPS) is 24.3. The van der Waals surface area contributed by atoms with Crippen molar-refractivity contribution in [3.05, 3.63) is 29.8 Å². The average molecular weight is 257 g/mol. The Morgan fingerprint density at radius 2 is 1.68 bits per heavy atom. The summed E-state index contributed by atoms with van der Waals surface area (Å²) in [6, 6.07) is 9.54. The Balaban J connectivity index is 1.49. The Hall–Kier alpha value is -0.980.